The summed E-state index contributed by atoms with van der Waals surface area (Å²) in [6.07, 6.45) is 5.16. The highest BCUT2D eigenvalue weighted by molar-refractivity contribution is 6.30. The molecule has 4 rings (SSSR count). The van der Waals surface area contributed by atoms with E-state index in [0.717, 1.165) is 50.3 Å². The van der Waals surface area contributed by atoms with Crippen molar-refractivity contribution in [2.24, 2.45) is 5.92 Å². The summed E-state index contributed by atoms with van der Waals surface area (Å²) in [6, 6.07) is 5.99. The van der Waals surface area contributed by atoms with Crippen LogP contribution in [0.2, 0.25) is 5.02 Å². The zero-order valence-corrected chi connectivity index (χ0v) is 14.6. The third-order valence-electron chi connectivity index (χ3n) is 4.81. The van der Waals surface area contributed by atoms with E-state index in [4.69, 9.17) is 11.6 Å². The topological polar surface area (TPSA) is 70.2 Å². The molecule has 2 aliphatic heterocycles. The van der Waals surface area contributed by atoms with Gasteiger partial charge in [0.1, 0.15) is 0 Å². The summed E-state index contributed by atoms with van der Waals surface area (Å²) < 4.78 is 0. The first kappa shape index (κ1) is 16.1. The van der Waals surface area contributed by atoms with E-state index in [1.54, 1.807) is 12.4 Å². The number of likely N-dealkylation sites (tertiary alicyclic amines) is 1. The highest BCUT2D eigenvalue weighted by Gasteiger charge is 2.27. The standard InChI is InChI=1S/C18H20ClN5O/c19-15-9-22-18(23-10-15)21-8-12-4-6-24(11-12)17(25)14-2-1-13-3-5-20-16(13)7-14/h1-2,7,9-10,12,20H,3-6,8,11H2,(H,21,22,23). The van der Waals surface area contributed by atoms with Crippen LogP contribution in [0.5, 0.6) is 0 Å². The van der Waals surface area contributed by atoms with E-state index in [-0.39, 0.29) is 5.91 Å². The summed E-state index contributed by atoms with van der Waals surface area (Å²) in [5.74, 6) is 1.08. The minimum absolute atomic E-state index is 0.113. The molecule has 2 aromatic rings. The van der Waals surface area contributed by atoms with Gasteiger partial charge in [0.15, 0.2) is 0 Å². The maximum atomic E-state index is 12.7. The molecule has 1 atom stereocenters. The fraction of sp³-hybridized carbons (Fsp3) is 0.389. The Labute approximate surface area is 151 Å². The van der Waals surface area contributed by atoms with Gasteiger partial charge in [-0.15, -0.1) is 0 Å². The number of amides is 1. The van der Waals surface area contributed by atoms with E-state index in [1.807, 2.05) is 17.0 Å². The molecule has 0 spiro atoms. The third kappa shape index (κ3) is 3.54. The first-order valence-electron chi connectivity index (χ1n) is 8.56. The van der Waals surface area contributed by atoms with Crippen molar-refractivity contribution in [3.63, 3.8) is 0 Å². The van der Waals surface area contributed by atoms with E-state index in [9.17, 15) is 4.79 Å². The van der Waals surface area contributed by atoms with Crippen LogP contribution in [0.15, 0.2) is 30.6 Å². The summed E-state index contributed by atoms with van der Waals surface area (Å²) in [4.78, 5) is 22.9. The van der Waals surface area contributed by atoms with Crippen LogP contribution in [0.4, 0.5) is 11.6 Å². The fourth-order valence-electron chi connectivity index (χ4n) is 3.43. The number of anilines is 2. The second-order valence-corrected chi connectivity index (χ2v) is 7.00. The van der Waals surface area contributed by atoms with Gasteiger partial charge in [-0.3, -0.25) is 4.79 Å². The van der Waals surface area contributed by atoms with Crippen LogP contribution in [0.25, 0.3) is 0 Å². The number of rotatable bonds is 4. The third-order valence-corrected chi connectivity index (χ3v) is 5.00. The summed E-state index contributed by atoms with van der Waals surface area (Å²) in [5, 5.41) is 7.07. The first-order chi connectivity index (χ1) is 12.2. The molecule has 1 saturated heterocycles. The number of carbonyl (C=O) groups excluding carboxylic acids is 1. The average molecular weight is 358 g/mol. The minimum Gasteiger partial charge on any atom is -0.384 e. The van der Waals surface area contributed by atoms with E-state index >= 15 is 0 Å². The second kappa shape index (κ2) is 6.88. The molecular formula is C18H20ClN5O. The molecule has 25 heavy (non-hydrogen) atoms. The van der Waals surface area contributed by atoms with Gasteiger partial charge in [-0.2, -0.15) is 0 Å². The summed E-state index contributed by atoms with van der Waals surface area (Å²) in [5.41, 5.74) is 3.16. The maximum Gasteiger partial charge on any atom is 0.253 e. The number of benzene rings is 1. The van der Waals surface area contributed by atoms with Crippen LogP contribution < -0.4 is 10.6 Å². The summed E-state index contributed by atoms with van der Waals surface area (Å²) in [6.45, 7) is 3.25. The Hall–Kier alpha value is -2.34. The van der Waals surface area contributed by atoms with E-state index < -0.39 is 0 Å². The normalized spacial score (nSPS) is 18.8. The van der Waals surface area contributed by atoms with E-state index in [2.05, 4.69) is 26.7 Å². The molecule has 0 saturated carbocycles. The van der Waals surface area contributed by atoms with Gasteiger partial charge < -0.3 is 15.5 Å². The monoisotopic (exact) mass is 357 g/mol. The molecule has 1 aromatic heterocycles. The van der Waals surface area contributed by atoms with Crippen LogP contribution in [0.1, 0.15) is 22.3 Å². The molecule has 1 unspecified atom stereocenters. The molecule has 6 nitrogen and oxygen atoms in total. The molecule has 0 radical (unpaired) electrons. The Kier molecular flexibility index (Phi) is 4.44. The SMILES string of the molecule is O=C(c1ccc2c(c1)NCC2)N1CCC(CNc2ncc(Cl)cn2)C1. The van der Waals surface area contributed by atoms with Crippen LogP contribution >= 0.6 is 11.6 Å². The van der Waals surface area contributed by atoms with Crippen molar-refractivity contribution < 1.29 is 4.79 Å². The molecule has 2 N–H and O–H groups in total. The predicted molar refractivity (Wildman–Crippen MR) is 98.2 cm³/mol. The lowest BCUT2D eigenvalue weighted by Gasteiger charge is -2.17. The van der Waals surface area contributed by atoms with Crippen LogP contribution in [-0.4, -0.2) is 47.0 Å². The molecule has 130 valence electrons. The van der Waals surface area contributed by atoms with Gasteiger partial charge in [0.05, 0.1) is 17.4 Å². The summed E-state index contributed by atoms with van der Waals surface area (Å²) >= 11 is 5.78. The highest BCUT2D eigenvalue weighted by atomic mass is 35.5. The number of hydrogen-bond donors (Lipinski definition) is 2. The molecular weight excluding hydrogens is 338 g/mol. The molecule has 1 aromatic carbocycles. The fourth-order valence-corrected chi connectivity index (χ4v) is 3.53. The molecule has 3 heterocycles. The van der Waals surface area contributed by atoms with Crippen molar-refractivity contribution in [3.8, 4) is 0 Å². The highest BCUT2D eigenvalue weighted by Crippen LogP contribution is 2.25. The second-order valence-electron chi connectivity index (χ2n) is 6.56. The van der Waals surface area contributed by atoms with Gasteiger partial charge in [-0.25, -0.2) is 9.97 Å². The molecule has 1 amide bonds. The number of halogens is 1. The van der Waals surface area contributed by atoms with Crippen molar-refractivity contribution in [3.05, 3.63) is 46.7 Å². The van der Waals surface area contributed by atoms with Gasteiger partial charge in [-0.1, -0.05) is 17.7 Å². The molecule has 7 heteroatoms. The minimum atomic E-state index is 0.113. The molecule has 0 aliphatic carbocycles. The van der Waals surface area contributed by atoms with Gasteiger partial charge in [-0.05, 0) is 36.5 Å². The molecule has 2 aliphatic rings. The quantitative estimate of drug-likeness (QED) is 0.880. The van der Waals surface area contributed by atoms with Gasteiger partial charge in [0, 0.05) is 37.4 Å². The molecule has 0 bridgehead atoms. The Bertz CT molecular complexity index is 780. The van der Waals surface area contributed by atoms with Crippen LogP contribution in [0, 0.1) is 5.92 Å². The zero-order valence-electron chi connectivity index (χ0n) is 13.8. The van der Waals surface area contributed by atoms with Gasteiger partial charge in [0.25, 0.3) is 5.91 Å². The predicted octanol–water partition coefficient (Wildman–Crippen LogP) is 2.67. The smallest absolute Gasteiger partial charge is 0.253 e. The number of hydrogen-bond acceptors (Lipinski definition) is 5. The number of aromatic nitrogens is 2. The Balaban J connectivity index is 1.34. The van der Waals surface area contributed by atoms with E-state index in [1.165, 1.54) is 5.56 Å². The number of nitrogens with one attached hydrogen (secondary N) is 2. The van der Waals surface area contributed by atoms with Crippen molar-refractivity contribution in [1.29, 1.82) is 0 Å². The van der Waals surface area contributed by atoms with Crippen molar-refractivity contribution >= 4 is 29.1 Å². The van der Waals surface area contributed by atoms with Crippen molar-refractivity contribution in [2.45, 2.75) is 12.8 Å². The van der Waals surface area contributed by atoms with Crippen LogP contribution in [0.3, 0.4) is 0 Å². The first-order valence-corrected chi connectivity index (χ1v) is 8.94. The average Bonchev–Trinajstić information content (AvgIpc) is 3.29. The van der Waals surface area contributed by atoms with Gasteiger partial charge >= 0.3 is 0 Å². The van der Waals surface area contributed by atoms with Crippen molar-refractivity contribution in [2.75, 3.05) is 36.8 Å². The Morgan fingerprint density at radius 3 is 3.04 bits per heavy atom. The number of fused-ring (bicyclic) bond motifs is 1. The number of nitrogens with zero attached hydrogens (tertiary/aromatic N) is 3. The maximum absolute atomic E-state index is 12.7. The zero-order chi connectivity index (χ0) is 17.2. The molecule has 1 fully saturated rings. The van der Waals surface area contributed by atoms with Crippen LogP contribution in [-0.2, 0) is 6.42 Å². The lowest BCUT2D eigenvalue weighted by Crippen LogP contribution is -2.29. The Morgan fingerprint density at radius 1 is 1.36 bits per heavy atom. The van der Waals surface area contributed by atoms with Gasteiger partial charge in [0.2, 0.25) is 5.95 Å². The largest absolute Gasteiger partial charge is 0.384 e. The lowest BCUT2D eigenvalue weighted by molar-refractivity contribution is 0.0788. The summed E-state index contributed by atoms with van der Waals surface area (Å²) in [7, 11) is 0. The van der Waals surface area contributed by atoms with E-state index in [0.29, 0.717) is 16.9 Å². The Morgan fingerprint density at radius 2 is 2.20 bits per heavy atom. The van der Waals surface area contributed by atoms with Crippen molar-refractivity contribution in [1.82, 2.24) is 14.9 Å². The number of carbonyl (C=O) groups is 1. The lowest BCUT2D eigenvalue weighted by atomic mass is 10.1.